The molecule has 1 aromatic carbocycles. The van der Waals surface area contributed by atoms with E-state index in [-0.39, 0.29) is 35.2 Å². The molecule has 4 N–H and O–H groups in total. The Balaban J connectivity index is 1.36. The number of nitrogens with zero attached hydrogens (tertiary/aromatic N) is 1. The van der Waals surface area contributed by atoms with E-state index in [0.717, 1.165) is 32.1 Å². The first-order chi connectivity index (χ1) is 16.5. The molecule has 0 radical (unpaired) electrons. The van der Waals surface area contributed by atoms with Gasteiger partial charge in [0.1, 0.15) is 5.82 Å². The maximum absolute atomic E-state index is 13.6. The quantitative estimate of drug-likeness (QED) is 0.523. The fourth-order valence-corrected chi connectivity index (χ4v) is 7.24. The third-order valence-corrected chi connectivity index (χ3v) is 8.75. The third kappa shape index (κ3) is 3.96. The number of aliphatic hydroxyl groups excluding tert-OH is 2. The topological polar surface area (TPSA) is 104 Å². The lowest BCUT2D eigenvalue weighted by Crippen LogP contribution is -2.64. The molecule has 3 unspecified atom stereocenters. The third-order valence-electron chi connectivity index (χ3n) is 8.75. The molecular formula is C27H34FN3O4. The molecule has 0 aliphatic heterocycles. The summed E-state index contributed by atoms with van der Waals surface area (Å²) in [6.07, 6.45) is 2.70. The summed E-state index contributed by atoms with van der Waals surface area (Å²) >= 11 is 0. The number of anilines is 1. The van der Waals surface area contributed by atoms with E-state index in [1.165, 1.54) is 12.1 Å². The van der Waals surface area contributed by atoms with E-state index in [2.05, 4.69) is 10.6 Å². The van der Waals surface area contributed by atoms with Crippen molar-refractivity contribution in [3.05, 3.63) is 52.1 Å². The van der Waals surface area contributed by atoms with Gasteiger partial charge in [-0.25, -0.2) is 4.39 Å². The number of aromatic nitrogens is 1. The highest BCUT2D eigenvalue weighted by Gasteiger charge is 2.55. The first kappa shape index (κ1) is 24.0. The van der Waals surface area contributed by atoms with Crippen LogP contribution in [0.5, 0.6) is 0 Å². The zero-order valence-electron chi connectivity index (χ0n) is 20.7. The number of amides is 2. The molecule has 4 saturated carbocycles. The van der Waals surface area contributed by atoms with Gasteiger partial charge in [-0.3, -0.25) is 9.59 Å². The first-order valence-electron chi connectivity index (χ1n) is 12.4. The summed E-state index contributed by atoms with van der Waals surface area (Å²) in [6.45, 7) is 5.12. The Morgan fingerprint density at radius 1 is 1.14 bits per heavy atom. The Bertz CT molecular complexity index is 1190. The van der Waals surface area contributed by atoms with E-state index in [0.29, 0.717) is 39.7 Å². The Morgan fingerprint density at radius 2 is 1.80 bits per heavy atom. The Hall–Kier alpha value is -2.71. The van der Waals surface area contributed by atoms with Gasteiger partial charge >= 0.3 is 0 Å². The fourth-order valence-electron chi connectivity index (χ4n) is 7.24. The average molecular weight is 484 g/mol. The molecule has 8 heteroatoms. The summed E-state index contributed by atoms with van der Waals surface area (Å²) in [5, 5.41) is 27.6. The molecule has 4 aliphatic carbocycles. The van der Waals surface area contributed by atoms with E-state index in [1.807, 2.05) is 0 Å². The molecule has 0 saturated heterocycles. The van der Waals surface area contributed by atoms with Crippen LogP contribution in [0, 0.1) is 44.3 Å². The van der Waals surface area contributed by atoms with Gasteiger partial charge in [-0.15, -0.1) is 0 Å². The van der Waals surface area contributed by atoms with Gasteiger partial charge in [0.25, 0.3) is 11.8 Å². The highest BCUT2D eigenvalue weighted by Crippen LogP contribution is 2.55. The van der Waals surface area contributed by atoms with Crippen LogP contribution in [0.3, 0.4) is 0 Å². The average Bonchev–Trinajstić information content (AvgIpc) is 3.01. The predicted molar refractivity (Wildman–Crippen MR) is 129 cm³/mol. The number of carbonyl (C=O) groups excluding carboxylic acids is 2. The molecule has 0 spiro atoms. The number of aryl methyl sites for hydroxylation is 1. The second-order valence-electron chi connectivity index (χ2n) is 11.1. The number of hydrogen-bond donors (Lipinski definition) is 4. The van der Waals surface area contributed by atoms with Gasteiger partial charge in [0, 0.05) is 24.0 Å². The highest BCUT2D eigenvalue weighted by molar-refractivity contribution is 6.06. The van der Waals surface area contributed by atoms with Gasteiger partial charge in [0.15, 0.2) is 6.10 Å². The van der Waals surface area contributed by atoms with Crippen molar-refractivity contribution in [1.29, 1.82) is 0 Å². The normalized spacial score (nSPS) is 29.8. The number of nitrogens with one attached hydrogen (secondary N) is 2. The molecule has 4 aliphatic rings. The largest absolute Gasteiger partial charge is 0.393 e. The second kappa shape index (κ2) is 8.45. The maximum atomic E-state index is 13.6. The Morgan fingerprint density at radius 3 is 2.43 bits per heavy atom. The number of hydrogen-bond acceptors (Lipinski definition) is 4. The summed E-state index contributed by atoms with van der Waals surface area (Å²) in [6, 6.07) is 4.37. The molecule has 1 heterocycles. The van der Waals surface area contributed by atoms with Crippen LogP contribution in [0.15, 0.2) is 18.2 Å². The molecule has 2 aromatic rings. The van der Waals surface area contributed by atoms with Crippen LogP contribution >= 0.6 is 0 Å². The Kier molecular flexibility index (Phi) is 5.79. The monoisotopic (exact) mass is 483 g/mol. The molecule has 4 fully saturated rings. The van der Waals surface area contributed by atoms with Gasteiger partial charge < -0.3 is 25.4 Å². The predicted octanol–water partition coefficient (Wildman–Crippen LogP) is 3.43. The molecule has 2 amide bonds. The minimum absolute atomic E-state index is 0.211. The maximum Gasteiger partial charge on any atom is 0.257 e. The van der Waals surface area contributed by atoms with E-state index in [4.69, 9.17) is 0 Å². The molecular weight excluding hydrogens is 449 g/mol. The second-order valence-corrected chi connectivity index (χ2v) is 11.1. The van der Waals surface area contributed by atoms with Crippen molar-refractivity contribution < 1.29 is 24.2 Å². The smallest absolute Gasteiger partial charge is 0.257 e. The van der Waals surface area contributed by atoms with Crippen molar-refractivity contribution in [3.8, 4) is 0 Å². The van der Waals surface area contributed by atoms with Crippen molar-refractivity contribution in [2.75, 3.05) is 5.32 Å². The van der Waals surface area contributed by atoms with Gasteiger partial charge in [-0.05, 0) is 100.0 Å². The molecule has 3 atom stereocenters. The lowest BCUT2D eigenvalue weighted by atomic mass is 9.51. The van der Waals surface area contributed by atoms with Crippen LogP contribution in [0.4, 0.5) is 10.1 Å². The van der Waals surface area contributed by atoms with Gasteiger partial charge in [0.05, 0.1) is 17.4 Å². The van der Waals surface area contributed by atoms with E-state index in [9.17, 15) is 24.2 Å². The van der Waals surface area contributed by atoms with Crippen molar-refractivity contribution in [3.63, 3.8) is 0 Å². The lowest BCUT2D eigenvalue weighted by Gasteiger charge is -2.58. The van der Waals surface area contributed by atoms with Crippen molar-refractivity contribution in [1.82, 2.24) is 9.88 Å². The Labute approximate surface area is 204 Å². The summed E-state index contributed by atoms with van der Waals surface area (Å²) in [4.78, 5) is 26.4. The lowest BCUT2D eigenvalue weighted by molar-refractivity contribution is -0.143. The summed E-state index contributed by atoms with van der Waals surface area (Å²) < 4.78 is 15.3. The van der Waals surface area contributed by atoms with Crippen LogP contribution in [-0.2, 0) is 11.8 Å². The van der Waals surface area contributed by atoms with Crippen molar-refractivity contribution in [2.45, 2.75) is 70.6 Å². The molecule has 4 bridgehead atoms. The number of rotatable bonds is 5. The fraction of sp³-hybridized carbons (Fsp3) is 0.556. The van der Waals surface area contributed by atoms with Crippen LogP contribution < -0.4 is 10.6 Å². The van der Waals surface area contributed by atoms with Crippen molar-refractivity contribution in [2.24, 2.45) is 24.8 Å². The zero-order chi connectivity index (χ0) is 25.2. The molecule has 188 valence electrons. The van der Waals surface area contributed by atoms with Crippen molar-refractivity contribution >= 4 is 17.5 Å². The van der Waals surface area contributed by atoms with Gasteiger partial charge in [0.2, 0.25) is 0 Å². The summed E-state index contributed by atoms with van der Waals surface area (Å²) in [5.74, 6) is -0.259. The van der Waals surface area contributed by atoms with Gasteiger partial charge in [-0.1, -0.05) is 0 Å². The van der Waals surface area contributed by atoms with E-state index >= 15 is 0 Å². The standard InChI is InChI=1S/C27H34FN3O4/c1-13-7-19(5-6-20(13)28)29-25(34)21-14(2)22(31(4)15(21)3)24(33)26(35)30-27-10-16-8-17(11-27)23(32)18(9-16)12-27/h5-7,16-18,23-24,32-33H,8-12H2,1-4H3,(H,29,34)(H,30,35). The number of halogens is 1. The van der Waals surface area contributed by atoms with Crippen LogP contribution in [0.2, 0.25) is 0 Å². The van der Waals surface area contributed by atoms with E-state index < -0.39 is 12.0 Å². The van der Waals surface area contributed by atoms with E-state index in [1.54, 1.807) is 38.5 Å². The molecule has 35 heavy (non-hydrogen) atoms. The molecule has 1 aromatic heterocycles. The number of carbonyl (C=O) groups is 2. The zero-order valence-corrected chi connectivity index (χ0v) is 20.7. The first-order valence-corrected chi connectivity index (χ1v) is 12.4. The summed E-state index contributed by atoms with van der Waals surface area (Å²) in [5.41, 5.74) is 2.44. The SMILES string of the molecule is Cc1cc(NC(=O)c2c(C)c(C(O)C(=O)NC34CC5CC(C3)C(O)C(C5)C4)n(C)c2C)ccc1F. The number of aliphatic hydroxyl groups is 2. The minimum atomic E-state index is -1.42. The van der Waals surface area contributed by atoms with Crippen LogP contribution in [0.25, 0.3) is 0 Å². The summed E-state index contributed by atoms with van der Waals surface area (Å²) in [7, 11) is 1.73. The van der Waals surface area contributed by atoms with Crippen LogP contribution in [-0.4, -0.2) is 38.2 Å². The molecule has 7 nitrogen and oxygen atoms in total. The van der Waals surface area contributed by atoms with Crippen LogP contribution in [0.1, 0.15) is 71.1 Å². The minimum Gasteiger partial charge on any atom is -0.393 e. The highest BCUT2D eigenvalue weighted by atomic mass is 19.1. The number of benzene rings is 1. The molecule has 6 rings (SSSR count). The van der Waals surface area contributed by atoms with Gasteiger partial charge in [-0.2, -0.15) is 0 Å².